The lowest BCUT2D eigenvalue weighted by atomic mass is 9.97. The second kappa shape index (κ2) is 6.76. The van der Waals surface area contributed by atoms with Gasteiger partial charge in [-0.2, -0.15) is 0 Å². The van der Waals surface area contributed by atoms with Crippen molar-refractivity contribution in [1.82, 2.24) is 4.98 Å². The van der Waals surface area contributed by atoms with Crippen molar-refractivity contribution in [2.24, 2.45) is 5.92 Å². The zero-order chi connectivity index (χ0) is 17.1. The van der Waals surface area contributed by atoms with Crippen molar-refractivity contribution in [3.63, 3.8) is 0 Å². The summed E-state index contributed by atoms with van der Waals surface area (Å²) in [5, 5.41) is 15.8. The van der Waals surface area contributed by atoms with E-state index in [0.717, 1.165) is 17.7 Å². The summed E-state index contributed by atoms with van der Waals surface area (Å²) < 4.78 is 0. The third kappa shape index (κ3) is 3.57. The van der Waals surface area contributed by atoms with E-state index >= 15 is 0 Å². The van der Waals surface area contributed by atoms with Crippen LogP contribution in [0.1, 0.15) is 29.4 Å². The average Bonchev–Trinajstić information content (AvgIpc) is 3.04. The maximum Gasteiger partial charge on any atom is 0.269 e. The molecule has 1 unspecified atom stereocenters. The standard InChI is InChI=1S/C17H15N3O3S/c1-11-2-4-12(5-3-11)15-10-24-17(18-15)19-16(21)13-6-8-14(9-7-13)20(22)23/h2,4-11H,3H2,1H3,(H,18,19,21). The second-order valence-electron chi connectivity index (χ2n) is 5.53. The quantitative estimate of drug-likeness (QED) is 0.664. The molecule has 1 heterocycles. The van der Waals surface area contributed by atoms with Crippen LogP contribution in [0.3, 0.4) is 0 Å². The molecule has 122 valence electrons. The average molecular weight is 341 g/mol. The van der Waals surface area contributed by atoms with Crippen LogP contribution in [0.15, 0.2) is 47.9 Å². The van der Waals surface area contributed by atoms with E-state index in [1.165, 1.54) is 35.6 Å². The van der Waals surface area contributed by atoms with Crippen molar-refractivity contribution in [2.45, 2.75) is 13.3 Å². The number of non-ortho nitro benzene ring substituents is 1. The highest BCUT2D eigenvalue weighted by molar-refractivity contribution is 7.14. The number of nitro groups is 1. The number of amides is 1. The Balaban J connectivity index is 1.69. The predicted molar refractivity (Wildman–Crippen MR) is 94.1 cm³/mol. The lowest BCUT2D eigenvalue weighted by Gasteiger charge is -2.09. The fourth-order valence-corrected chi connectivity index (χ4v) is 3.00. The van der Waals surface area contributed by atoms with Gasteiger partial charge in [0, 0.05) is 23.1 Å². The van der Waals surface area contributed by atoms with Gasteiger partial charge in [0.05, 0.1) is 10.6 Å². The van der Waals surface area contributed by atoms with E-state index in [9.17, 15) is 14.9 Å². The Labute approximate surface area is 142 Å². The predicted octanol–water partition coefficient (Wildman–Crippen LogP) is 4.28. The highest BCUT2D eigenvalue weighted by atomic mass is 32.1. The van der Waals surface area contributed by atoms with E-state index in [1.54, 1.807) is 0 Å². The van der Waals surface area contributed by atoms with Gasteiger partial charge in [0.15, 0.2) is 5.13 Å². The first-order valence-corrected chi connectivity index (χ1v) is 8.31. The van der Waals surface area contributed by atoms with Crippen molar-refractivity contribution < 1.29 is 9.72 Å². The van der Waals surface area contributed by atoms with E-state index in [1.807, 2.05) is 11.5 Å². The van der Waals surface area contributed by atoms with Crippen LogP contribution in [-0.4, -0.2) is 15.8 Å². The normalized spacial score (nSPS) is 16.5. The largest absolute Gasteiger partial charge is 0.298 e. The summed E-state index contributed by atoms with van der Waals surface area (Å²) in [6.07, 6.45) is 7.31. The van der Waals surface area contributed by atoms with Gasteiger partial charge >= 0.3 is 0 Å². The fourth-order valence-electron chi connectivity index (χ4n) is 2.28. The first-order chi connectivity index (χ1) is 11.5. The molecule has 0 radical (unpaired) electrons. The van der Waals surface area contributed by atoms with Crippen LogP contribution in [0.25, 0.3) is 5.57 Å². The maximum absolute atomic E-state index is 12.2. The number of carbonyl (C=O) groups is 1. The number of nitrogens with one attached hydrogen (secondary N) is 1. The molecule has 1 atom stereocenters. The summed E-state index contributed by atoms with van der Waals surface area (Å²) in [5.74, 6) is 0.196. The number of rotatable bonds is 4. The van der Waals surface area contributed by atoms with Crippen molar-refractivity contribution in [2.75, 3.05) is 5.32 Å². The summed E-state index contributed by atoms with van der Waals surface area (Å²) in [5.41, 5.74) is 2.19. The number of allylic oxidation sites excluding steroid dienone is 4. The van der Waals surface area contributed by atoms with Gasteiger partial charge in [-0.15, -0.1) is 11.3 Å². The van der Waals surface area contributed by atoms with Gasteiger partial charge in [-0.05, 0) is 30.0 Å². The molecule has 1 aromatic carbocycles. The van der Waals surface area contributed by atoms with E-state index in [0.29, 0.717) is 16.6 Å². The van der Waals surface area contributed by atoms with Gasteiger partial charge in [-0.3, -0.25) is 20.2 Å². The fraction of sp³-hybridized carbons (Fsp3) is 0.176. The number of benzene rings is 1. The number of anilines is 1. The minimum atomic E-state index is -0.499. The van der Waals surface area contributed by atoms with E-state index in [4.69, 9.17) is 0 Å². The van der Waals surface area contributed by atoms with E-state index in [2.05, 4.69) is 29.4 Å². The number of thiazole rings is 1. The summed E-state index contributed by atoms with van der Waals surface area (Å²) in [7, 11) is 0. The topological polar surface area (TPSA) is 85.1 Å². The molecule has 6 nitrogen and oxygen atoms in total. The van der Waals surface area contributed by atoms with Crippen molar-refractivity contribution in [1.29, 1.82) is 0 Å². The molecular formula is C17H15N3O3S. The van der Waals surface area contributed by atoms with Gasteiger partial charge in [0.1, 0.15) is 0 Å². The van der Waals surface area contributed by atoms with Gasteiger partial charge < -0.3 is 0 Å². The zero-order valence-corrected chi connectivity index (χ0v) is 13.7. The summed E-state index contributed by atoms with van der Waals surface area (Å²) >= 11 is 1.35. The van der Waals surface area contributed by atoms with Crippen LogP contribution in [0, 0.1) is 16.0 Å². The Morgan fingerprint density at radius 1 is 1.38 bits per heavy atom. The van der Waals surface area contributed by atoms with Gasteiger partial charge in [0.25, 0.3) is 11.6 Å². The Hall–Kier alpha value is -2.80. The third-order valence-corrected chi connectivity index (χ3v) is 4.43. The van der Waals surface area contributed by atoms with Crippen LogP contribution in [0.4, 0.5) is 10.8 Å². The Bertz CT molecular complexity index is 837. The number of hydrogen-bond acceptors (Lipinski definition) is 5. The lowest BCUT2D eigenvalue weighted by Crippen LogP contribution is -2.11. The first-order valence-electron chi connectivity index (χ1n) is 7.43. The minimum absolute atomic E-state index is 0.0478. The van der Waals surface area contributed by atoms with E-state index in [-0.39, 0.29) is 11.6 Å². The molecule has 2 aromatic rings. The SMILES string of the molecule is CC1C=CC(c2csc(NC(=O)c3ccc([N+](=O)[O-])cc3)n2)=CC1. The Morgan fingerprint density at radius 3 is 2.75 bits per heavy atom. The van der Waals surface area contributed by atoms with Crippen LogP contribution in [-0.2, 0) is 0 Å². The highest BCUT2D eigenvalue weighted by Gasteiger charge is 2.13. The molecule has 0 saturated carbocycles. The van der Waals surface area contributed by atoms with Crippen LogP contribution in [0.5, 0.6) is 0 Å². The van der Waals surface area contributed by atoms with Gasteiger partial charge in [-0.1, -0.05) is 25.2 Å². The highest BCUT2D eigenvalue weighted by Crippen LogP contribution is 2.27. The van der Waals surface area contributed by atoms with Gasteiger partial charge in [-0.25, -0.2) is 4.98 Å². The van der Waals surface area contributed by atoms with Crippen molar-refractivity contribution in [3.8, 4) is 0 Å². The minimum Gasteiger partial charge on any atom is -0.298 e. The first kappa shape index (κ1) is 16.1. The smallest absolute Gasteiger partial charge is 0.269 e. The molecule has 0 fully saturated rings. The number of nitro benzene ring substituents is 1. The van der Waals surface area contributed by atoms with E-state index < -0.39 is 4.92 Å². The molecular weight excluding hydrogens is 326 g/mol. The summed E-state index contributed by atoms with van der Waals surface area (Å²) in [4.78, 5) is 26.7. The van der Waals surface area contributed by atoms with Gasteiger partial charge in [0.2, 0.25) is 0 Å². The molecule has 1 amide bonds. The molecule has 7 heteroatoms. The van der Waals surface area contributed by atoms with Crippen LogP contribution in [0.2, 0.25) is 0 Å². The number of hydrogen-bond donors (Lipinski definition) is 1. The zero-order valence-electron chi connectivity index (χ0n) is 12.9. The summed E-state index contributed by atoms with van der Waals surface area (Å²) in [6, 6.07) is 5.47. The van der Waals surface area contributed by atoms with Crippen LogP contribution < -0.4 is 5.32 Å². The maximum atomic E-state index is 12.2. The number of nitrogens with zero attached hydrogens (tertiary/aromatic N) is 2. The summed E-state index contributed by atoms with van der Waals surface area (Å²) in [6.45, 7) is 2.15. The molecule has 0 bridgehead atoms. The molecule has 1 aliphatic rings. The molecule has 3 rings (SSSR count). The molecule has 1 aromatic heterocycles. The molecule has 1 aliphatic carbocycles. The molecule has 24 heavy (non-hydrogen) atoms. The second-order valence-corrected chi connectivity index (χ2v) is 6.39. The molecule has 0 spiro atoms. The van der Waals surface area contributed by atoms with Crippen molar-refractivity contribution in [3.05, 3.63) is 69.2 Å². The Morgan fingerprint density at radius 2 is 2.12 bits per heavy atom. The van der Waals surface area contributed by atoms with Crippen molar-refractivity contribution >= 4 is 33.6 Å². The number of aromatic nitrogens is 1. The van der Waals surface area contributed by atoms with Crippen LogP contribution >= 0.6 is 11.3 Å². The monoisotopic (exact) mass is 341 g/mol. The number of carbonyl (C=O) groups excluding carboxylic acids is 1. The molecule has 0 saturated heterocycles. The molecule has 1 N–H and O–H groups in total. The Kier molecular flexibility index (Phi) is 4.52. The lowest BCUT2D eigenvalue weighted by molar-refractivity contribution is -0.384. The molecule has 0 aliphatic heterocycles. The third-order valence-electron chi connectivity index (χ3n) is 3.67.